The lowest BCUT2D eigenvalue weighted by atomic mass is 9.76. The van der Waals surface area contributed by atoms with Gasteiger partial charge in [0.05, 0.1) is 16.0 Å². The summed E-state index contributed by atoms with van der Waals surface area (Å²) in [6.45, 7) is 2.77. The van der Waals surface area contributed by atoms with Gasteiger partial charge in [0.25, 0.3) is 5.91 Å². The second-order valence-corrected chi connectivity index (χ2v) is 5.93. The van der Waals surface area contributed by atoms with Crippen molar-refractivity contribution in [3.8, 4) is 0 Å². The predicted octanol–water partition coefficient (Wildman–Crippen LogP) is 2.84. The minimum atomic E-state index is -0.831. The number of amides is 1. The van der Waals surface area contributed by atoms with Crippen LogP contribution in [0.4, 0.5) is 0 Å². The first-order valence-corrected chi connectivity index (χ1v) is 7.50. The maximum Gasteiger partial charge on any atom is 0.311 e. The molecule has 1 N–H and O–H groups in total. The monoisotopic (exact) mass is 310 g/mol. The van der Waals surface area contributed by atoms with Crippen molar-refractivity contribution in [1.82, 2.24) is 9.88 Å². The van der Waals surface area contributed by atoms with E-state index in [1.807, 2.05) is 6.92 Å². The first-order valence-electron chi connectivity index (χ1n) is 7.12. The molecule has 1 fully saturated rings. The molecule has 2 rings (SSSR count). The molecule has 6 heteroatoms. The van der Waals surface area contributed by atoms with E-state index in [4.69, 9.17) is 11.6 Å². The Morgan fingerprint density at radius 3 is 2.90 bits per heavy atom. The van der Waals surface area contributed by atoms with Gasteiger partial charge in [-0.05, 0) is 25.3 Å². The van der Waals surface area contributed by atoms with Crippen LogP contribution < -0.4 is 0 Å². The smallest absolute Gasteiger partial charge is 0.311 e. The molecule has 1 aliphatic rings. The molecular formula is C15H19ClN2O3. The summed E-state index contributed by atoms with van der Waals surface area (Å²) >= 11 is 6.01. The molecule has 0 spiro atoms. The first-order chi connectivity index (χ1) is 10.00. The third-order valence-corrected chi connectivity index (χ3v) is 4.35. The van der Waals surface area contributed by atoms with E-state index < -0.39 is 11.4 Å². The first kappa shape index (κ1) is 15.8. The van der Waals surface area contributed by atoms with Crippen molar-refractivity contribution in [2.75, 3.05) is 13.1 Å². The predicted molar refractivity (Wildman–Crippen MR) is 79.4 cm³/mol. The van der Waals surface area contributed by atoms with Gasteiger partial charge in [-0.2, -0.15) is 0 Å². The normalized spacial score (nSPS) is 22.1. The molecule has 0 bridgehead atoms. The number of aromatic nitrogens is 1. The third-order valence-electron chi connectivity index (χ3n) is 4.05. The van der Waals surface area contributed by atoms with Crippen molar-refractivity contribution in [3.63, 3.8) is 0 Å². The summed E-state index contributed by atoms with van der Waals surface area (Å²) in [5.74, 6) is -1.04. The van der Waals surface area contributed by atoms with Crippen LogP contribution in [0.15, 0.2) is 18.5 Å². The van der Waals surface area contributed by atoms with Crippen molar-refractivity contribution < 1.29 is 14.7 Å². The highest BCUT2D eigenvalue weighted by Crippen LogP contribution is 2.35. The number of nitrogens with zero attached hydrogens (tertiary/aromatic N) is 2. The maximum atomic E-state index is 12.6. The van der Waals surface area contributed by atoms with Gasteiger partial charge >= 0.3 is 5.97 Å². The van der Waals surface area contributed by atoms with E-state index in [0.29, 0.717) is 36.4 Å². The molecule has 1 atom stereocenters. The van der Waals surface area contributed by atoms with E-state index in [-0.39, 0.29) is 12.5 Å². The summed E-state index contributed by atoms with van der Waals surface area (Å²) in [5, 5.41) is 9.87. The number of carboxylic acids is 1. The van der Waals surface area contributed by atoms with Crippen LogP contribution in [0.1, 0.15) is 43.0 Å². The Labute approximate surface area is 128 Å². The van der Waals surface area contributed by atoms with E-state index in [0.717, 1.165) is 6.42 Å². The largest absolute Gasteiger partial charge is 0.481 e. The second-order valence-electron chi connectivity index (χ2n) is 5.52. The fraction of sp³-hybridized carbons (Fsp3) is 0.533. The van der Waals surface area contributed by atoms with Crippen molar-refractivity contribution >= 4 is 23.5 Å². The number of hydrogen-bond acceptors (Lipinski definition) is 3. The van der Waals surface area contributed by atoms with Crippen LogP contribution in [0.2, 0.25) is 5.02 Å². The molecule has 1 saturated heterocycles. The van der Waals surface area contributed by atoms with Gasteiger partial charge in [-0.15, -0.1) is 0 Å². The molecule has 21 heavy (non-hydrogen) atoms. The number of likely N-dealkylation sites (tertiary alicyclic amines) is 1. The highest BCUT2D eigenvalue weighted by Gasteiger charge is 2.43. The van der Waals surface area contributed by atoms with Gasteiger partial charge in [-0.3, -0.25) is 14.6 Å². The van der Waals surface area contributed by atoms with Crippen molar-refractivity contribution in [3.05, 3.63) is 29.0 Å². The van der Waals surface area contributed by atoms with Crippen LogP contribution >= 0.6 is 11.6 Å². The molecule has 2 heterocycles. The fourth-order valence-electron chi connectivity index (χ4n) is 2.99. The van der Waals surface area contributed by atoms with Crippen molar-refractivity contribution in [2.24, 2.45) is 5.41 Å². The summed E-state index contributed by atoms with van der Waals surface area (Å²) < 4.78 is 0. The summed E-state index contributed by atoms with van der Waals surface area (Å²) in [6, 6.07) is 1.57. The van der Waals surface area contributed by atoms with E-state index in [1.165, 1.54) is 12.4 Å². The molecule has 114 valence electrons. The number of pyridine rings is 1. The Morgan fingerprint density at radius 2 is 2.29 bits per heavy atom. The van der Waals surface area contributed by atoms with Crippen LogP contribution in [-0.2, 0) is 4.79 Å². The van der Waals surface area contributed by atoms with Crippen LogP contribution in [-0.4, -0.2) is 40.0 Å². The highest BCUT2D eigenvalue weighted by atomic mass is 35.5. The van der Waals surface area contributed by atoms with E-state index in [9.17, 15) is 14.7 Å². The average Bonchev–Trinajstić information content (AvgIpc) is 2.47. The topological polar surface area (TPSA) is 70.5 Å². The lowest BCUT2D eigenvalue weighted by Crippen LogP contribution is -2.50. The Hall–Kier alpha value is -1.62. The number of carbonyl (C=O) groups excluding carboxylic acids is 1. The van der Waals surface area contributed by atoms with Crippen LogP contribution in [0, 0.1) is 5.41 Å². The minimum absolute atomic E-state index is 0.219. The summed E-state index contributed by atoms with van der Waals surface area (Å²) in [5.41, 5.74) is -0.452. The standard InChI is InChI=1S/C15H19ClN2O3/c1-2-5-15(14(20)21)6-3-8-18(10-15)13(19)11-4-7-17-9-12(11)16/h4,7,9H,2-3,5-6,8,10H2,1H3,(H,20,21). The Balaban J connectivity index is 2.23. The molecule has 0 aliphatic carbocycles. The zero-order chi connectivity index (χ0) is 15.5. The molecule has 1 aromatic rings. The average molecular weight is 311 g/mol. The van der Waals surface area contributed by atoms with E-state index >= 15 is 0 Å². The number of carboxylic acid groups (broad SMARTS) is 1. The zero-order valence-corrected chi connectivity index (χ0v) is 12.8. The Kier molecular flexibility index (Phi) is 4.83. The molecule has 1 unspecified atom stereocenters. The maximum absolute atomic E-state index is 12.6. The highest BCUT2D eigenvalue weighted by molar-refractivity contribution is 6.33. The van der Waals surface area contributed by atoms with Crippen LogP contribution in [0.5, 0.6) is 0 Å². The lowest BCUT2D eigenvalue weighted by molar-refractivity contribution is -0.152. The summed E-state index contributed by atoms with van der Waals surface area (Å²) in [4.78, 5) is 29.7. The number of rotatable bonds is 4. The summed E-state index contributed by atoms with van der Waals surface area (Å²) in [7, 11) is 0. The molecule has 5 nitrogen and oxygen atoms in total. The number of carbonyl (C=O) groups is 2. The molecule has 1 aliphatic heterocycles. The van der Waals surface area contributed by atoms with Gasteiger partial charge in [-0.25, -0.2) is 0 Å². The molecule has 1 aromatic heterocycles. The Morgan fingerprint density at radius 1 is 1.52 bits per heavy atom. The number of hydrogen-bond donors (Lipinski definition) is 1. The zero-order valence-electron chi connectivity index (χ0n) is 12.0. The third kappa shape index (κ3) is 3.18. The van der Waals surface area contributed by atoms with Crippen LogP contribution in [0.25, 0.3) is 0 Å². The van der Waals surface area contributed by atoms with E-state index in [1.54, 1.807) is 11.0 Å². The summed E-state index contributed by atoms with van der Waals surface area (Å²) in [6.07, 6.45) is 5.61. The van der Waals surface area contributed by atoms with Gasteiger partial charge in [0, 0.05) is 25.5 Å². The van der Waals surface area contributed by atoms with Crippen molar-refractivity contribution in [1.29, 1.82) is 0 Å². The van der Waals surface area contributed by atoms with Crippen molar-refractivity contribution in [2.45, 2.75) is 32.6 Å². The van der Waals surface area contributed by atoms with Gasteiger partial charge in [0.1, 0.15) is 0 Å². The minimum Gasteiger partial charge on any atom is -0.481 e. The quantitative estimate of drug-likeness (QED) is 0.928. The van der Waals surface area contributed by atoms with Gasteiger partial charge in [-0.1, -0.05) is 24.9 Å². The molecule has 0 aromatic carbocycles. The van der Waals surface area contributed by atoms with Crippen LogP contribution in [0.3, 0.4) is 0 Å². The van der Waals surface area contributed by atoms with Gasteiger partial charge in [0.2, 0.25) is 0 Å². The molecule has 0 saturated carbocycles. The van der Waals surface area contributed by atoms with Gasteiger partial charge < -0.3 is 10.0 Å². The number of halogens is 1. The number of aliphatic carboxylic acids is 1. The SMILES string of the molecule is CCCC1(C(=O)O)CCCN(C(=O)c2ccncc2Cl)C1. The molecule has 0 radical (unpaired) electrons. The number of piperidine rings is 1. The Bertz CT molecular complexity index is 545. The van der Waals surface area contributed by atoms with E-state index in [2.05, 4.69) is 4.98 Å². The fourth-order valence-corrected chi connectivity index (χ4v) is 3.19. The van der Waals surface area contributed by atoms with Gasteiger partial charge in [0.15, 0.2) is 0 Å². The lowest BCUT2D eigenvalue weighted by Gasteiger charge is -2.40. The second kappa shape index (κ2) is 6.43. The molecular weight excluding hydrogens is 292 g/mol. The molecule has 1 amide bonds.